The summed E-state index contributed by atoms with van der Waals surface area (Å²) in [7, 11) is 0. The number of hydrogen-bond donors (Lipinski definition) is 0. The molecular weight excluding hydrogens is 194 g/mol. The van der Waals surface area contributed by atoms with Crippen LogP contribution in [0, 0.1) is 0 Å². The van der Waals surface area contributed by atoms with E-state index in [1.54, 1.807) is 0 Å². The largest absolute Gasteiger partial charge is 0.287 e. The van der Waals surface area contributed by atoms with Crippen LogP contribution in [0.3, 0.4) is 0 Å². The van der Waals surface area contributed by atoms with Gasteiger partial charge in [-0.25, -0.2) is 0 Å². The molecule has 0 saturated carbocycles. The molecule has 1 unspecified atom stereocenters. The maximum absolute atomic E-state index is 4.56. The van der Waals surface area contributed by atoms with Crippen molar-refractivity contribution >= 4 is 5.71 Å². The molecule has 0 aliphatic carbocycles. The summed E-state index contributed by atoms with van der Waals surface area (Å²) in [5, 5.41) is 0. The Hall–Kier alpha value is -1.37. The summed E-state index contributed by atoms with van der Waals surface area (Å²) in [4.78, 5) is 4.56. The molecule has 84 valence electrons. The van der Waals surface area contributed by atoms with Gasteiger partial charge in [0.05, 0.1) is 0 Å². The molecule has 1 nitrogen and oxygen atoms in total. The molecular formula is C15H19N. The van der Waals surface area contributed by atoms with Crippen LogP contribution in [0.15, 0.2) is 47.5 Å². The van der Waals surface area contributed by atoms with E-state index in [1.807, 2.05) is 0 Å². The normalized spacial score (nSPS) is 20.3. The summed E-state index contributed by atoms with van der Waals surface area (Å²) in [6, 6.07) is 11.2. The van der Waals surface area contributed by atoms with E-state index in [-0.39, 0.29) is 0 Å². The van der Waals surface area contributed by atoms with Gasteiger partial charge in [-0.15, -0.1) is 0 Å². The first-order valence-corrected chi connectivity index (χ1v) is 6.12. The molecule has 1 aliphatic heterocycles. The number of benzene rings is 1. The van der Waals surface area contributed by atoms with Gasteiger partial charge < -0.3 is 0 Å². The van der Waals surface area contributed by atoms with Gasteiger partial charge in [0, 0.05) is 11.8 Å². The molecule has 1 aromatic rings. The van der Waals surface area contributed by atoms with Gasteiger partial charge in [0.1, 0.15) is 0 Å². The zero-order valence-electron chi connectivity index (χ0n) is 9.89. The van der Waals surface area contributed by atoms with Crippen LogP contribution in [0.25, 0.3) is 0 Å². The summed E-state index contributed by atoms with van der Waals surface area (Å²) in [6.07, 6.45) is 9.06. The number of aliphatic imine (C=N–C) groups is 1. The van der Waals surface area contributed by atoms with E-state index in [0.717, 1.165) is 19.3 Å². The van der Waals surface area contributed by atoms with Gasteiger partial charge in [0.15, 0.2) is 0 Å². The van der Waals surface area contributed by atoms with Crippen LogP contribution in [-0.2, 0) is 6.42 Å². The van der Waals surface area contributed by atoms with E-state index < -0.39 is 0 Å². The molecule has 1 atom stereocenters. The predicted octanol–water partition coefficient (Wildman–Crippen LogP) is 3.80. The molecule has 1 heteroatoms. The van der Waals surface area contributed by atoms with Crippen LogP contribution in [0.2, 0.25) is 0 Å². The maximum atomic E-state index is 4.56. The summed E-state index contributed by atoms with van der Waals surface area (Å²) in [5.41, 5.74) is 2.69. The maximum Gasteiger partial charge on any atom is 0.0478 e. The molecule has 0 N–H and O–H groups in total. The topological polar surface area (TPSA) is 12.4 Å². The molecule has 16 heavy (non-hydrogen) atoms. The lowest BCUT2D eigenvalue weighted by atomic mass is 10.1. The number of aryl methyl sites for hydroxylation is 1. The van der Waals surface area contributed by atoms with Gasteiger partial charge in [-0.05, 0) is 44.2 Å². The Bertz CT molecular complexity index is 376. The number of allylic oxidation sites excluding steroid dienone is 2. The van der Waals surface area contributed by atoms with Gasteiger partial charge in [-0.2, -0.15) is 0 Å². The molecule has 0 amide bonds. The SMILES string of the molecule is CC1CCC(/C=C/CCc2ccccc2)=N1. The van der Waals surface area contributed by atoms with Crippen molar-refractivity contribution in [2.24, 2.45) is 4.99 Å². The summed E-state index contributed by atoms with van der Waals surface area (Å²) < 4.78 is 0. The van der Waals surface area contributed by atoms with Crippen LogP contribution >= 0.6 is 0 Å². The molecule has 0 aromatic heterocycles. The third-order valence-electron chi connectivity index (χ3n) is 2.96. The van der Waals surface area contributed by atoms with Crippen molar-refractivity contribution < 1.29 is 0 Å². The fourth-order valence-corrected chi connectivity index (χ4v) is 2.01. The zero-order valence-corrected chi connectivity index (χ0v) is 9.89. The quantitative estimate of drug-likeness (QED) is 0.721. The Morgan fingerprint density at radius 3 is 2.81 bits per heavy atom. The van der Waals surface area contributed by atoms with E-state index in [2.05, 4.69) is 54.4 Å². The number of nitrogens with zero attached hydrogens (tertiary/aromatic N) is 1. The van der Waals surface area contributed by atoms with Gasteiger partial charge in [0.25, 0.3) is 0 Å². The molecule has 0 spiro atoms. The summed E-state index contributed by atoms with van der Waals surface area (Å²) >= 11 is 0. The van der Waals surface area contributed by atoms with Crippen molar-refractivity contribution in [1.29, 1.82) is 0 Å². The van der Waals surface area contributed by atoms with Crippen molar-refractivity contribution in [2.45, 2.75) is 38.6 Å². The zero-order chi connectivity index (χ0) is 11.2. The molecule has 2 rings (SSSR count). The first-order valence-electron chi connectivity index (χ1n) is 6.12. The highest BCUT2D eigenvalue weighted by Gasteiger charge is 2.09. The van der Waals surface area contributed by atoms with Crippen molar-refractivity contribution in [3.05, 3.63) is 48.0 Å². The first kappa shape index (κ1) is 11.1. The molecule has 1 heterocycles. The fraction of sp³-hybridized carbons (Fsp3) is 0.400. The van der Waals surface area contributed by atoms with Crippen LogP contribution in [0.5, 0.6) is 0 Å². The second-order valence-electron chi connectivity index (χ2n) is 4.43. The summed E-state index contributed by atoms with van der Waals surface area (Å²) in [6.45, 7) is 2.19. The van der Waals surface area contributed by atoms with E-state index in [1.165, 1.54) is 17.7 Å². The van der Waals surface area contributed by atoms with Crippen molar-refractivity contribution in [3.63, 3.8) is 0 Å². The van der Waals surface area contributed by atoms with Crippen molar-refractivity contribution in [1.82, 2.24) is 0 Å². The van der Waals surface area contributed by atoms with E-state index in [9.17, 15) is 0 Å². The number of rotatable bonds is 4. The molecule has 0 fully saturated rings. The predicted molar refractivity (Wildman–Crippen MR) is 70.0 cm³/mol. The minimum atomic E-state index is 0.536. The first-order chi connectivity index (χ1) is 7.84. The molecule has 1 aliphatic rings. The summed E-state index contributed by atoms with van der Waals surface area (Å²) in [5.74, 6) is 0. The lowest BCUT2D eigenvalue weighted by Gasteiger charge is -1.96. The monoisotopic (exact) mass is 213 g/mol. The third-order valence-corrected chi connectivity index (χ3v) is 2.96. The van der Waals surface area contributed by atoms with Crippen LogP contribution in [0.1, 0.15) is 31.7 Å². The fourth-order valence-electron chi connectivity index (χ4n) is 2.01. The van der Waals surface area contributed by atoms with Crippen LogP contribution in [-0.4, -0.2) is 11.8 Å². The van der Waals surface area contributed by atoms with Gasteiger partial charge in [-0.1, -0.05) is 36.4 Å². The van der Waals surface area contributed by atoms with Crippen molar-refractivity contribution in [3.8, 4) is 0 Å². The average molecular weight is 213 g/mol. The second-order valence-corrected chi connectivity index (χ2v) is 4.43. The highest BCUT2D eigenvalue weighted by Crippen LogP contribution is 2.13. The van der Waals surface area contributed by atoms with E-state index in [0.29, 0.717) is 6.04 Å². The van der Waals surface area contributed by atoms with Crippen molar-refractivity contribution in [2.75, 3.05) is 0 Å². The highest BCUT2D eigenvalue weighted by molar-refractivity contribution is 5.96. The van der Waals surface area contributed by atoms with E-state index in [4.69, 9.17) is 0 Å². The standard InChI is InChI=1S/C15H19N/c1-13-11-12-15(16-13)10-6-5-9-14-7-3-2-4-8-14/h2-4,6-8,10,13H,5,9,11-12H2,1H3/b10-6+. The van der Waals surface area contributed by atoms with Gasteiger partial charge in [0.2, 0.25) is 0 Å². The average Bonchev–Trinajstić information content (AvgIpc) is 2.72. The third kappa shape index (κ3) is 3.34. The van der Waals surface area contributed by atoms with Gasteiger partial charge >= 0.3 is 0 Å². The number of hydrogen-bond acceptors (Lipinski definition) is 1. The Kier molecular flexibility index (Phi) is 3.92. The minimum Gasteiger partial charge on any atom is -0.287 e. The molecule has 0 saturated heterocycles. The Balaban J connectivity index is 1.76. The van der Waals surface area contributed by atoms with Crippen LogP contribution < -0.4 is 0 Å². The highest BCUT2D eigenvalue weighted by atomic mass is 14.8. The Morgan fingerprint density at radius 2 is 2.12 bits per heavy atom. The lowest BCUT2D eigenvalue weighted by molar-refractivity contribution is 0.739. The molecule has 0 bridgehead atoms. The molecule has 1 aromatic carbocycles. The molecule has 0 radical (unpaired) electrons. The Morgan fingerprint density at radius 1 is 1.31 bits per heavy atom. The van der Waals surface area contributed by atoms with Crippen LogP contribution in [0.4, 0.5) is 0 Å². The lowest BCUT2D eigenvalue weighted by Crippen LogP contribution is -1.87. The Labute approximate surface area is 97.9 Å². The minimum absolute atomic E-state index is 0.536. The second kappa shape index (κ2) is 5.64. The van der Waals surface area contributed by atoms with E-state index >= 15 is 0 Å². The van der Waals surface area contributed by atoms with Gasteiger partial charge in [-0.3, -0.25) is 4.99 Å². The smallest absolute Gasteiger partial charge is 0.0478 e.